The van der Waals surface area contributed by atoms with Gasteiger partial charge in [-0.2, -0.15) is 0 Å². The number of rotatable bonds is 6. The van der Waals surface area contributed by atoms with Crippen LogP contribution in [0.1, 0.15) is 19.0 Å². The third-order valence-corrected chi connectivity index (χ3v) is 3.27. The second-order valence-corrected chi connectivity index (χ2v) is 4.90. The van der Waals surface area contributed by atoms with E-state index in [0.29, 0.717) is 22.3 Å². The molecule has 3 N–H and O–H groups in total. The van der Waals surface area contributed by atoms with Crippen molar-refractivity contribution in [3.8, 4) is 0 Å². The molecule has 1 aromatic heterocycles. The molecular formula is C11H16ClN3OS. The number of thioether (sulfide) groups is 1. The van der Waals surface area contributed by atoms with E-state index in [1.165, 1.54) is 11.8 Å². The van der Waals surface area contributed by atoms with Crippen molar-refractivity contribution in [1.82, 2.24) is 10.3 Å². The summed E-state index contributed by atoms with van der Waals surface area (Å²) >= 11 is 7.44. The summed E-state index contributed by atoms with van der Waals surface area (Å²) in [6, 6.07) is 3.38. The van der Waals surface area contributed by atoms with Gasteiger partial charge in [0.1, 0.15) is 5.82 Å². The van der Waals surface area contributed by atoms with Crippen LogP contribution in [-0.4, -0.2) is 23.2 Å². The molecule has 1 aromatic rings. The Morgan fingerprint density at radius 2 is 2.35 bits per heavy atom. The summed E-state index contributed by atoms with van der Waals surface area (Å²) in [4.78, 5) is 15.5. The first-order valence-electron chi connectivity index (χ1n) is 5.38. The molecule has 0 saturated carbocycles. The van der Waals surface area contributed by atoms with Crippen LogP contribution in [0.25, 0.3) is 0 Å². The van der Waals surface area contributed by atoms with Crippen LogP contribution >= 0.6 is 23.4 Å². The lowest BCUT2D eigenvalue weighted by atomic mass is 10.4. The first-order chi connectivity index (χ1) is 8.13. The minimum absolute atomic E-state index is 0.0388. The van der Waals surface area contributed by atoms with E-state index in [-0.39, 0.29) is 5.91 Å². The average molecular weight is 274 g/mol. The SMILES string of the molecule is CCCNC(=O)CSCc1nc(N)ccc1Cl. The number of hydrogen-bond acceptors (Lipinski definition) is 4. The van der Waals surface area contributed by atoms with Crippen LogP contribution in [0.3, 0.4) is 0 Å². The Balaban J connectivity index is 2.35. The normalized spacial score (nSPS) is 10.2. The summed E-state index contributed by atoms with van der Waals surface area (Å²) in [5, 5.41) is 3.39. The zero-order valence-electron chi connectivity index (χ0n) is 9.70. The zero-order valence-corrected chi connectivity index (χ0v) is 11.3. The van der Waals surface area contributed by atoms with Gasteiger partial charge in [-0.3, -0.25) is 4.79 Å². The summed E-state index contributed by atoms with van der Waals surface area (Å²) < 4.78 is 0. The van der Waals surface area contributed by atoms with Crippen LogP contribution in [0.4, 0.5) is 5.82 Å². The van der Waals surface area contributed by atoms with E-state index in [1.54, 1.807) is 12.1 Å². The van der Waals surface area contributed by atoms with Crippen molar-refractivity contribution in [3.63, 3.8) is 0 Å². The monoisotopic (exact) mass is 273 g/mol. The number of aromatic nitrogens is 1. The van der Waals surface area contributed by atoms with Crippen LogP contribution in [0, 0.1) is 0 Å². The highest BCUT2D eigenvalue weighted by atomic mass is 35.5. The second-order valence-electron chi connectivity index (χ2n) is 3.51. The van der Waals surface area contributed by atoms with Crippen LogP contribution < -0.4 is 11.1 Å². The standard InChI is InChI=1S/C11H16ClN3OS/c1-2-5-14-11(16)7-17-6-9-8(12)3-4-10(13)15-9/h3-4H,2,5-7H2,1H3,(H2,13,15)(H,14,16). The van der Waals surface area contributed by atoms with Gasteiger partial charge in [0.05, 0.1) is 16.5 Å². The number of anilines is 1. The second kappa shape index (κ2) is 7.40. The molecule has 0 aliphatic rings. The molecule has 94 valence electrons. The smallest absolute Gasteiger partial charge is 0.230 e. The van der Waals surface area contributed by atoms with Crippen molar-refractivity contribution in [2.75, 3.05) is 18.0 Å². The van der Waals surface area contributed by atoms with Crippen molar-refractivity contribution < 1.29 is 4.79 Å². The molecule has 0 bridgehead atoms. The molecule has 0 aliphatic heterocycles. The molecule has 0 spiro atoms. The number of amides is 1. The predicted molar refractivity (Wildman–Crippen MR) is 73.1 cm³/mol. The van der Waals surface area contributed by atoms with Gasteiger partial charge in [0.15, 0.2) is 0 Å². The highest BCUT2D eigenvalue weighted by molar-refractivity contribution is 7.99. The third kappa shape index (κ3) is 5.28. The molecule has 1 heterocycles. The molecule has 0 aromatic carbocycles. The number of halogens is 1. The third-order valence-electron chi connectivity index (χ3n) is 1.98. The molecule has 0 unspecified atom stereocenters. The molecule has 1 amide bonds. The van der Waals surface area contributed by atoms with Crippen molar-refractivity contribution in [2.24, 2.45) is 0 Å². The number of nitrogens with zero attached hydrogens (tertiary/aromatic N) is 1. The Bertz CT molecular complexity index is 387. The Morgan fingerprint density at radius 3 is 3.06 bits per heavy atom. The van der Waals surface area contributed by atoms with Crippen molar-refractivity contribution in [3.05, 3.63) is 22.8 Å². The molecular weight excluding hydrogens is 258 g/mol. The largest absolute Gasteiger partial charge is 0.384 e. The summed E-state index contributed by atoms with van der Waals surface area (Å²) in [7, 11) is 0. The zero-order chi connectivity index (χ0) is 12.7. The lowest BCUT2D eigenvalue weighted by Gasteiger charge is -2.05. The molecule has 4 nitrogen and oxygen atoms in total. The van der Waals surface area contributed by atoms with E-state index >= 15 is 0 Å². The quantitative estimate of drug-likeness (QED) is 0.833. The van der Waals surface area contributed by atoms with Gasteiger partial charge >= 0.3 is 0 Å². The van der Waals surface area contributed by atoms with Gasteiger partial charge in [0, 0.05) is 12.3 Å². The molecule has 6 heteroatoms. The number of nitrogen functional groups attached to an aromatic ring is 1. The number of hydrogen-bond donors (Lipinski definition) is 2. The van der Waals surface area contributed by atoms with Crippen molar-refractivity contribution in [1.29, 1.82) is 0 Å². The topological polar surface area (TPSA) is 68.0 Å². The summed E-state index contributed by atoms with van der Waals surface area (Å²) in [5.41, 5.74) is 6.29. The van der Waals surface area contributed by atoms with Gasteiger partial charge in [-0.15, -0.1) is 11.8 Å². The fourth-order valence-electron chi connectivity index (χ4n) is 1.16. The van der Waals surface area contributed by atoms with Gasteiger partial charge in [0.2, 0.25) is 5.91 Å². The maximum atomic E-state index is 11.3. The van der Waals surface area contributed by atoms with Gasteiger partial charge in [0.25, 0.3) is 0 Å². The summed E-state index contributed by atoms with van der Waals surface area (Å²) in [5.74, 6) is 1.48. The molecule has 0 fully saturated rings. The molecule has 0 atom stereocenters. The van der Waals surface area contributed by atoms with Crippen molar-refractivity contribution in [2.45, 2.75) is 19.1 Å². The maximum Gasteiger partial charge on any atom is 0.230 e. The number of nitrogens with two attached hydrogens (primary N) is 1. The molecule has 0 saturated heterocycles. The fourth-order valence-corrected chi connectivity index (χ4v) is 2.21. The Labute approximate surface area is 110 Å². The molecule has 0 aliphatic carbocycles. The van der Waals surface area contributed by atoms with E-state index in [2.05, 4.69) is 10.3 Å². The fraction of sp³-hybridized carbons (Fsp3) is 0.455. The first-order valence-corrected chi connectivity index (χ1v) is 6.92. The van der Waals surface area contributed by atoms with Gasteiger partial charge in [-0.25, -0.2) is 4.98 Å². The predicted octanol–water partition coefficient (Wildman–Crippen LogP) is 2.08. The first kappa shape index (κ1) is 14.1. The Hall–Kier alpha value is -0.940. The Morgan fingerprint density at radius 1 is 1.59 bits per heavy atom. The van der Waals surface area contributed by atoms with E-state index in [9.17, 15) is 4.79 Å². The molecule has 0 radical (unpaired) electrons. The van der Waals surface area contributed by atoms with Crippen LogP contribution in [0.5, 0.6) is 0 Å². The maximum absolute atomic E-state index is 11.3. The number of nitrogens with one attached hydrogen (secondary N) is 1. The van der Waals surface area contributed by atoms with E-state index in [4.69, 9.17) is 17.3 Å². The highest BCUT2D eigenvalue weighted by Crippen LogP contribution is 2.20. The van der Waals surface area contributed by atoms with Gasteiger partial charge in [-0.05, 0) is 18.6 Å². The minimum atomic E-state index is 0.0388. The lowest BCUT2D eigenvalue weighted by molar-refractivity contribution is -0.118. The number of carbonyl (C=O) groups is 1. The molecule has 17 heavy (non-hydrogen) atoms. The highest BCUT2D eigenvalue weighted by Gasteiger charge is 2.05. The van der Waals surface area contributed by atoms with Crippen molar-refractivity contribution >= 4 is 35.1 Å². The average Bonchev–Trinajstić information content (AvgIpc) is 2.31. The Kier molecular flexibility index (Phi) is 6.15. The van der Waals surface area contributed by atoms with E-state index < -0.39 is 0 Å². The van der Waals surface area contributed by atoms with Gasteiger partial charge in [-0.1, -0.05) is 18.5 Å². The summed E-state index contributed by atoms with van der Waals surface area (Å²) in [6.07, 6.45) is 0.943. The number of pyridine rings is 1. The van der Waals surface area contributed by atoms with Crippen LogP contribution in [0.2, 0.25) is 5.02 Å². The van der Waals surface area contributed by atoms with E-state index in [1.807, 2.05) is 6.92 Å². The minimum Gasteiger partial charge on any atom is -0.384 e. The molecule has 1 rings (SSSR count). The van der Waals surface area contributed by atoms with Crippen LogP contribution in [-0.2, 0) is 10.5 Å². The van der Waals surface area contributed by atoms with E-state index in [0.717, 1.165) is 18.7 Å². The summed E-state index contributed by atoms with van der Waals surface area (Å²) in [6.45, 7) is 2.74. The van der Waals surface area contributed by atoms with Gasteiger partial charge < -0.3 is 11.1 Å². The number of carbonyl (C=O) groups excluding carboxylic acids is 1. The van der Waals surface area contributed by atoms with Crippen LogP contribution in [0.15, 0.2) is 12.1 Å². The lowest BCUT2D eigenvalue weighted by Crippen LogP contribution is -2.25.